The first kappa shape index (κ1) is 21.2. The second-order valence-corrected chi connectivity index (χ2v) is 6.77. The van der Waals surface area contributed by atoms with E-state index >= 15 is 0 Å². The van der Waals surface area contributed by atoms with E-state index in [4.69, 9.17) is 14.0 Å². The number of anilines is 1. The standard InChI is InChI=1S/C22H25N3O5/c1-15(24-28-3)18(21(26)27)14-16-7-6-8-17(13-16)29-12-11-25(2)22-23-19-9-4-5-10-20(19)30-22/h4-10,13,24H,11-12,14H2,1-3H3,(H,26,27). The first-order chi connectivity index (χ1) is 14.5. The number of hydroxylamine groups is 1. The lowest BCUT2D eigenvalue weighted by Crippen LogP contribution is -2.24. The molecule has 0 saturated carbocycles. The molecule has 8 nitrogen and oxygen atoms in total. The third-order valence-electron chi connectivity index (χ3n) is 4.55. The third kappa shape index (κ3) is 5.30. The van der Waals surface area contributed by atoms with Crippen LogP contribution in [0.25, 0.3) is 11.1 Å². The molecule has 0 atom stereocenters. The van der Waals surface area contributed by atoms with Gasteiger partial charge in [0.05, 0.1) is 19.2 Å². The zero-order valence-electron chi connectivity index (χ0n) is 17.2. The maximum atomic E-state index is 11.5. The van der Waals surface area contributed by atoms with Crippen molar-refractivity contribution >= 4 is 23.1 Å². The second kappa shape index (κ2) is 9.80. The van der Waals surface area contributed by atoms with E-state index in [1.54, 1.807) is 6.92 Å². The summed E-state index contributed by atoms with van der Waals surface area (Å²) in [6, 6.07) is 15.5. The minimum Gasteiger partial charge on any atom is -0.492 e. The van der Waals surface area contributed by atoms with Crippen molar-refractivity contribution in [1.82, 2.24) is 10.5 Å². The van der Waals surface area contributed by atoms with Crippen molar-refractivity contribution in [3.63, 3.8) is 0 Å². The molecule has 0 spiro atoms. The number of hydrogen-bond donors (Lipinski definition) is 2. The zero-order valence-corrected chi connectivity index (χ0v) is 17.2. The molecule has 0 bridgehead atoms. The van der Waals surface area contributed by atoms with Gasteiger partial charge in [-0.2, -0.15) is 4.98 Å². The van der Waals surface area contributed by atoms with Crippen LogP contribution in [0.1, 0.15) is 12.5 Å². The number of fused-ring (bicyclic) bond motifs is 1. The van der Waals surface area contributed by atoms with E-state index in [9.17, 15) is 9.90 Å². The van der Waals surface area contributed by atoms with Crippen molar-refractivity contribution in [3.8, 4) is 5.75 Å². The number of carbonyl (C=O) groups is 1. The van der Waals surface area contributed by atoms with Crippen LogP contribution in [0.5, 0.6) is 5.75 Å². The van der Waals surface area contributed by atoms with Crippen LogP contribution in [-0.2, 0) is 16.1 Å². The number of aromatic nitrogens is 1. The molecule has 3 rings (SSSR count). The number of likely N-dealkylation sites (N-methyl/N-ethyl adjacent to an activating group) is 1. The molecular formula is C22H25N3O5. The minimum absolute atomic E-state index is 0.227. The number of ether oxygens (including phenoxy) is 1. The topological polar surface area (TPSA) is 97.1 Å². The van der Waals surface area contributed by atoms with E-state index in [-0.39, 0.29) is 12.0 Å². The molecule has 2 N–H and O–H groups in total. The SMILES string of the molecule is CONC(C)=C(Cc1cccc(OCCN(C)c2nc3ccccc3o2)c1)C(=O)O. The fourth-order valence-electron chi connectivity index (χ4n) is 2.95. The van der Waals surface area contributed by atoms with Gasteiger partial charge in [0.1, 0.15) is 17.9 Å². The highest BCUT2D eigenvalue weighted by atomic mass is 16.6. The van der Waals surface area contributed by atoms with Crippen molar-refractivity contribution in [1.29, 1.82) is 0 Å². The highest BCUT2D eigenvalue weighted by molar-refractivity contribution is 5.87. The van der Waals surface area contributed by atoms with Gasteiger partial charge in [0.25, 0.3) is 6.01 Å². The summed E-state index contributed by atoms with van der Waals surface area (Å²) < 4.78 is 11.6. The van der Waals surface area contributed by atoms with E-state index in [0.29, 0.717) is 30.6 Å². The lowest BCUT2D eigenvalue weighted by atomic mass is 10.0. The lowest BCUT2D eigenvalue weighted by Gasteiger charge is -2.15. The fraction of sp³-hybridized carbons (Fsp3) is 0.273. The van der Waals surface area contributed by atoms with E-state index in [1.807, 2.05) is 60.5 Å². The molecule has 0 aliphatic rings. The first-order valence-electron chi connectivity index (χ1n) is 9.48. The van der Waals surface area contributed by atoms with Crippen LogP contribution in [0.2, 0.25) is 0 Å². The lowest BCUT2D eigenvalue weighted by molar-refractivity contribution is -0.132. The summed E-state index contributed by atoms with van der Waals surface area (Å²) in [4.78, 5) is 22.7. The van der Waals surface area contributed by atoms with E-state index in [1.165, 1.54) is 7.11 Å². The van der Waals surface area contributed by atoms with Gasteiger partial charge in [0.2, 0.25) is 0 Å². The van der Waals surface area contributed by atoms with Crippen LogP contribution in [0, 0.1) is 0 Å². The number of carboxylic acids is 1. The van der Waals surface area contributed by atoms with Crippen LogP contribution in [0.15, 0.2) is 64.2 Å². The predicted octanol–water partition coefficient (Wildman–Crippen LogP) is 3.40. The van der Waals surface area contributed by atoms with Gasteiger partial charge in [-0.05, 0) is 36.8 Å². The molecule has 3 aromatic rings. The summed E-state index contributed by atoms with van der Waals surface area (Å²) in [5.41, 5.74) is 5.65. The van der Waals surface area contributed by atoms with Gasteiger partial charge < -0.3 is 19.2 Å². The van der Waals surface area contributed by atoms with Crippen molar-refractivity contribution in [2.45, 2.75) is 13.3 Å². The Morgan fingerprint density at radius 3 is 2.77 bits per heavy atom. The number of aliphatic carboxylic acids is 1. The van der Waals surface area contributed by atoms with Gasteiger partial charge >= 0.3 is 5.97 Å². The Labute approximate surface area is 174 Å². The molecule has 2 aromatic carbocycles. The van der Waals surface area contributed by atoms with E-state index in [0.717, 1.165) is 16.7 Å². The summed E-state index contributed by atoms with van der Waals surface area (Å²) in [7, 11) is 3.33. The van der Waals surface area contributed by atoms with Crippen LogP contribution in [0.3, 0.4) is 0 Å². The number of carboxylic acid groups (broad SMARTS) is 1. The smallest absolute Gasteiger partial charge is 0.333 e. The van der Waals surface area contributed by atoms with E-state index in [2.05, 4.69) is 10.5 Å². The summed E-state index contributed by atoms with van der Waals surface area (Å²) in [5, 5.41) is 9.46. The Morgan fingerprint density at radius 2 is 2.03 bits per heavy atom. The van der Waals surface area contributed by atoms with Gasteiger partial charge in [-0.1, -0.05) is 24.3 Å². The Hall–Kier alpha value is -3.52. The number of hydrogen-bond acceptors (Lipinski definition) is 7. The maximum absolute atomic E-state index is 11.5. The van der Waals surface area contributed by atoms with Crippen LogP contribution < -0.4 is 15.1 Å². The average Bonchev–Trinajstić information content (AvgIpc) is 3.16. The van der Waals surface area contributed by atoms with Gasteiger partial charge in [-0.3, -0.25) is 10.3 Å². The molecule has 1 heterocycles. The number of rotatable bonds is 10. The number of allylic oxidation sites excluding steroid dienone is 1. The summed E-state index contributed by atoms with van der Waals surface area (Å²) in [5.74, 6) is -0.330. The van der Waals surface area contributed by atoms with Crippen molar-refractivity contribution in [3.05, 3.63) is 65.4 Å². The zero-order chi connectivity index (χ0) is 21.5. The number of nitrogens with zero attached hydrogens (tertiary/aromatic N) is 2. The molecule has 0 radical (unpaired) electrons. The Bertz CT molecular complexity index is 1010. The molecular weight excluding hydrogens is 386 g/mol. The van der Waals surface area contributed by atoms with E-state index < -0.39 is 5.97 Å². The number of para-hydroxylation sites is 2. The Morgan fingerprint density at radius 1 is 1.23 bits per heavy atom. The summed E-state index contributed by atoms with van der Waals surface area (Å²) in [6.07, 6.45) is 0.248. The average molecular weight is 411 g/mol. The molecule has 0 aliphatic heterocycles. The molecule has 8 heteroatoms. The number of benzene rings is 2. The highest BCUT2D eigenvalue weighted by Crippen LogP contribution is 2.21. The predicted molar refractivity (Wildman–Crippen MR) is 113 cm³/mol. The molecule has 158 valence electrons. The monoisotopic (exact) mass is 411 g/mol. The molecule has 1 aromatic heterocycles. The quantitative estimate of drug-likeness (QED) is 0.387. The molecule has 0 unspecified atom stereocenters. The summed E-state index contributed by atoms with van der Waals surface area (Å²) >= 11 is 0. The molecule has 0 saturated heterocycles. The van der Waals surface area contributed by atoms with Crippen molar-refractivity contribution in [2.24, 2.45) is 0 Å². The highest BCUT2D eigenvalue weighted by Gasteiger charge is 2.14. The van der Waals surface area contributed by atoms with Crippen LogP contribution in [-0.4, -0.2) is 43.4 Å². The normalized spacial score (nSPS) is 11.8. The van der Waals surface area contributed by atoms with Crippen LogP contribution in [0.4, 0.5) is 6.01 Å². The minimum atomic E-state index is -0.997. The maximum Gasteiger partial charge on any atom is 0.333 e. The van der Waals surface area contributed by atoms with Crippen molar-refractivity contribution in [2.75, 3.05) is 32.2 Å². The summed E-state index contributed by atoms with van der Waals surface area (Å²) in [6.45, 7) is 2.66. The molecule has 0 aliphatic carbocycles. The van der Waals surface area contributed by atoms with Gasteiger partial charge in [-0.15, -0.1) is 0 Å². The molecule has 0 amide bonds. The first-order valence-corrected chi connectivity index (χ1v) is 9.48. The second-order valence-electron chi connectivity index (χ2n) is 6.77. The Balaban J connectivity index is 1.59. The molecule has 30 heavy (non-hydrogen) atoms. The third-order valence-corrected chi connectivity index (χ3v) is 4.55. The van der Waals surface area contributed by atoms with Gasteiger partial charge in [-0.25, -0.2) is 4.79 Å². The van der Waals surface area contributed by atoms with Crippen LogP contribution >= 0.6 is 0 Å². The molecule has 0 fully saturated rings. The number of nitrogens with one attached hydrogen (secondary N) is 1. The van der Waals surface area contributed by atoms with Crippen molar-refractivity contribution < 1.29 is 23.9 Å². The van der Waals surface area contributed by atoms with Gasteiger partial charge in [0, 0.05) is 19.2 Å². The number of oxazole rings is 1. The Kier molecular flexibility index (Phi) is 6.92. The largest absolute Gasteiger partial charge is 0.492 e. The fourth-order valence-corrected chi connectivity index (χ4v) is 2.95. The van der Waals surface area contributed by atoms with Gasteiger partial charge in [0.15, 0.2) is 5.58 Å².